The number of ether oxygens (including phenoxy) is 1. The zero-order valence-electron chi connectivity index (χ0n) is 16.1. The lowest BCUT2D eigenvalue weighted by Gasteiger charge is -2.33. The van der Waals surface area contributed by atoms with Crippen LogP contribution in [0, 0.1) is 23.2 Å². The van der Waals surface area contributed by atoms with Crippen molar-refractivity contribution in [2.75, 3.05) is 4.90 Å². The lowest BCUT2D eigenvalue weighted by Crippen LogP contribution is -2.51. The molecular weight excluding hydrogens is 443 g/mol. The number of alkyl halides is 3. The van der Waals surface area contributed by atoms with Crippen molar-refractivity contribution in [3.05, 3.63) is 29.3 Å². The van der Waals surface area contributed by atoms with Gasteiger partial charge in [0.25, 0.3) is 0 Å². The SMILES string of the molecule is CC12C[C@@H](OS(N)(=O)=O)C(C)(O1)[C@H]1C(=O)N(c3ccc(C#N)c(C(F)(F)F)c3)C(=O)C12. The smallest absolute Gasteiger partial charge is 0.365 e. The number of carbonyl (C=O) groups is 2. The van der Waals surface area contributed by atoms with Gasteiger partial charge in [-0.25, -0.2) is 10.0 Å². The van der Waals surface area contributed by atoms with Crippen molar-refractivity contribution in [2.24, 2.45) is 17.0 Å². The third kappa shape index (κ3) is 3.05. The van der Waals surface area contributed by atoms with Gasteiger partial charge in [-0.05, 0) is 32.0 Å². The maximum atomic E-state index is 13.3. The van der Waals surface area contributed by atoms with Crippen LogP contribution in [-0.2, 0) is 35.0 Å². The van der Waals surface area contributed by atoms with Crippen LogP contribution in [-0.4, -0.2) is 37.5 Å². The molecule has 2 bridgehead atoms. The largest absolute Gasteiger partial charge is 0.417 e. The average Bonchev–Trinajstić information content (AvgIpc) is 3.13. The van der Waals surface area contributed by atoms with Gasteiger partial charge in [0.2, 0.25) is 11.8 Å². The number of hydrogen-bond acceptors (Lipinski definition) is 7. The number of benzene rings is 1. The number of anilines is 1. The minimum absolute atomic E-state index is 0.0604. The van der Waals surface area contributed by atoms with Crippen LogP contribution in [0.1, 0.15) is 31.4 Å². The average molecular weight is 459 g/mol. The zero-order chi connectivity index (χ0) is 23.1. The Morgan fingerprint density at radius 3 is 2.42 bits per heavy atom. The number of halogens is 3. The van der Waals surface area contributed by atoms with Gasteiger partial charge in [-0.2, -0.15) is 26.9 Å². The van der Waals surface area contributed by atoms with Gasteiger partial charge < -0.3 is 4.74 Å². The van der Waals surface area contributed by atoms with Crippen molar-refractivity contribution < 1.29 is 40.1 Å². The second-order valence-electron chi connectivity index (χ2n) is 8.19. The summed E-state index contributed by atoms with van der Waals surface area (Å²) in [6, 6.07) is 3.97. The summed E-state index contributed by atoms with van der Waals surface area (Å²) in [5, 5.41) is 13.9. The molecule has 3 aliphatic heterocycles. The monoisotopic (exact) mass is 459 g/mol. The van der Waals surface area contributed by atoms with E-state index in [-0.39, 0.29) is 12.1 Å². The molecule has 5 atom stereocenters. The molecule has 0 aliphatic carbocycles. The van der Waals surface area contributed by atoms with Crippen LogP contribution >= 0.6 is 0 Å². The van der Waals surface area contributed by atoms with Crippen molar-refractivity contribution in [1.29, 1.82) is 5.26 Å². The number of nitriles is 1. The van der Waals surface area contributed by atoms with E-state index in [9.17, 15) is 31.2 Å². The topological polar surface area (TPSA) is 140 Å². The molecule has 0 spiro atoms. The van der Waals surface area contributed by atoms with Crippen LogP contribution < -0.4 is 10.0 Å². The minimum atomic E-state index is -4.88. The number of imide groups is 1. The summed E-state index contributed by atoms with van der Waals surface area (Å²) in [4.78, 5) is 27.0. The highest BCUT2D eigenvalue weighted by molar-refractivity contribution is 7.84. The molecule has 3 unspecified atom stereocenters. The fourth-order valence-corrected chi connectivity index (χ4v) is 5.63. The van der Waals surface area contributed by atoms with Crippen LogP contribution in [0.25, 0.3) is 0 Å². The van der Waals surface area contributed by atoms with Gasteiger partial charge in [-0.1, -0.05) is 0 Å². The van der Waals surface area contributed by atoms with Gasteiger partial charge in [-0.15, -0.1) is 0 Å². The third-order valence-corrected chi connectivity index (χ3v) is 6.70. The van der Waals surface area contributed by atoms with Gasteiger partial charge >= 0.3 is 16.5 Å². The van der Waals surface area contributed by atoms with E-state index < -0.39 is 68.6 Å². The number of carbonyl (C=O) groups excluding carboxylic acids is 2. The summed E-state index contributed by atoms with van der Waals surface area (Å²) in [5.74, 6) is -3.85. The maximum absolute atomic E-state index is 13.3. The molecule has 1 aromatic rings. The molecule has 3 aliphatic rings. The third-order valence-electron chi connectivity index (χ3n) is 6.20. The first-order valence-corrected chi connectivity index (χ1v) is 10.5. The van der Waals surface area contributed by atoms with Crippen LogP contribution in [0.2, 0.25) is 0 Å². The molecule has 9 nitrogen and oxygen atoms in total. The fraction of sp³-hybridized carbons (Fsp3) is 0.500. The van der Waals surface area contributed by atoms with E-state index in [4.69, 9.17) is 19.3 Å². The van der Waals surface area contributed by atoms with E-state index in [1.165, 1.54) is 19.9 Å². The zero-order valence-corrected chi connectivity index (χ0v) is 17.0. The summed E-state index contributed by atoms with van der Waals surface area (Å²) in [7, 11) is -4.40. The number of nitrogens with zero attached hydrogens (tertiary/aromatic N) is 2. The second kappa shape index (κ2) is 6.26. The van der Waals surface area contributed by atoms with E-state index in [1.54, 1.807) is 0 Å². The van der Waals surface area contributed by atoms with E-state index in [1.807, 2.05) is 0 Å². The van der Waals surface area contributed by atoms with Crippen LogP contribution in [0.4, 0.5) is 18.9 Å². The van der Waals surface area contributed by atoms with Gasteiger partial charge in [0.05, 0.1) is 40.3 Å². The summed E-state index contributed by atoms with van der Waals surface area (Å²) < 4.78 is 73.7. The lowest BCUT2D eigenvalue weighted by atomic mass is 9.67. The van der Waals surface area contributed by atoms with E-state index in [0.29, 0.717) is 11.0 Å². The number of fused-ring (bicyclic) bond motifs is 5. The Balaban J connectivity index is 1.77. The van der Waals surface area contributed by atoms with Crippen molar-refractivity contribution in [1.82, 2.24) is 0 Å². The van der Waals surface area contributed by atoms with Crippen LogP contribution in [0.5, 0.6) is 0 Å². The van der Waals surface area contributed by atoms with Crippen molar-refractivity contribution >= 4 is 27.8 Å². The summed E-state index contributed by atoms with van der Waals surface area (Å²) in [6.45, 7) is 2.92. The number of nitrogens with two attached hydrogens (primary N) is 1. The predicted molar refractivity (Wildman–Crippen MR) is 96.1 cm³/mol. The Kier molecular flexibility index (Phi) is 4.38. The molecule has 166 valence electrons. The Morgan fingerprint density at radius 1 is 1.26 bits per heavy atom. The standard InChI is InChI=1S/C18H16F3N3O6S/c1-16-6-11(29-31(23,27)28)17(2,30-16)13-12(16)14(25)24(15(13)26)9-4-3-8(7-22)10(5-9)18(19,20)21/h3-5,11-13H,6H2,1-2H3,(H2,23,27,28)/t11-,12?,13-,16?,17?/m1/s1. The van der Waals surface area contributed by atoms with Gasteiger partial charge in [-0.3, -0.25) is 13.8 Å². The quantitative estimate of drug-likeness (QED) is 0.671. The summed E-state index contributed by atoms with van der Waals surface area (Å²) in [5.41, 5.74) is -5.09. The Labute approximate surface area is 174 Å². The highest BCUT2D eigenvalue weighted by Gasteiger charge is 2.76. The van der Waals surface area contributed by atoms with Gasteiger partial charge in [0.15, 0.2) is 0 Å². The van der Waals surface area contributed by atoms with E-state index >= 15 is 0 Å². The molecule has 31 heavy (non-hydrogen) atoms. The first-order valence-electron chi connectivity index (χ1n) is 9.03. The Bertz CT molecular complexity index is 1160. The first-order chi connectivity index (χ1) is 14.1. The number of amides is 2. The molecular formula is C18H16F3N3O6S. The normalized spacial score (nSPS) is 34.9. The Hall–Kier alpha value is -2.53. The lowest BCUT2D eigenvalue weighted by molar-refractivity contribution is -0.138. The highest BCUT2D eigenvalue weighted by Crippen LogP contribution is 2.62. The molecule has 0 aromatic heterocycles. The molecule has 3 heterocycles. The van der Waals surface area contributed by atoms with Crippen molar-refractivity contribution in [2.45, 2.75) is 43.8 Å². The summed E-state index contributed by atoms with van der Waals surface area (Å²) >= 11 is 0. The second-order valence-corrected chi connectivity index (χ2v) is 9.37. The molecule has 13 heteroatoms. The van der Waals surface area contributed by atoms with Gasteiger partial charge in [0.1, 0.15) is 11.7 Å². The molecule has 3 fully saturated rings. The molecule has 0 radical (unpaired) electrons. The molecule has 1 aromatic carbocycles. The van der Waals surface area contributed by atoms with E-state index in [2.05, 4.69) is 0 Å². The van der Waals surface area contributed by atoms with Crippen LogP contribution in [0.3, 0.4) is 0 Å². The molecule has 3 saturated heterocycles. The number of hydrogen-bond donors (Lipinski definition) is 1. The highest BCUT2D eigenvalue weighted by atomic mass is 32.2. The van der Waals surface area contributed by atoms with Crippen LogP contribution in [0.15, 0.2) is 18.2 Å². The molecule has 4 rings (SSSR count). The predicted octanol–water partition coefficient (Wildman–Crippen LogP) is 1.22. The first kappa shape index (κ1) is 21.7. The summed E-state index contributed by atoms with van der Waals surface area (Å²) in [6.07, 6.45) is -6.09. The van der Waals surface area contributed by atoms with E-state index in [0.717, 1.165) is 12.1 Å². The molecule has 0 saturated carbocycles. The molecule has 2 N–H and O–H groups in total. The van der Waals surface area contributed by atoms with Gasteiger partial charge in [0, 0.05) is 6.42 Å². The van der Waals surface area contributed by atoms with Crippen molar-refractivity contribution in [3.63, 3.8) is 0 Å². The fourth-order valence-electron chi connectivity index (χ4n) is 5.05. The Morgan fingerprint density at radius 2 is 1.87 bits per heavy atom. The maximum Gasteiger partial charge on any atom is 0.417 e. The van der Waals surface area contributed by atoms with Crippen molar-refractivity contribution in [3.8, 4) is 6.07 Å². The number of rotatable bonds is 3. The molecule has 2 amide bonds. The minimum Gasteiger partial charge on any atom is -0.365 e.